The number of hydrogen-bond acceptors (Lipinski definition) is 8. The van der Waals surface area contributed by atoms with E-state index in [9.17, 15) is 23.2 Å². The van der Waals surface area contributed by atoms with E-state index >= 15 is 0 Å². The number of fused-ring (bicyclic) bond motifs is 1. The number of carbonyl (C=O) groups excluding carboxylic acids is 3. The van der Waals surface area contributed by atoms with E-state index in [1.54, 1.807) is 12.1 Å². The highest BCUT2D eigenvalue weighted by Gasteiger charge is 2.48. The van der Waals surface area contributed by atoms with Gasteiger partial charge in [0.1, 0.15) is 17.5 Å². The molecular formula is C27H33F2N7O4. The molecule has 1 aromatic carbocycles. The number of ether oxygens (including phenoxy) is 1. The number of benzene rings is 1. The Hall–Kier alpha value is -4.03. The summed E-state index contributed by atoms with van der Waals surface area (Å²) in [6.07, 6.45) is 6.93. The molecule has 1 atom stereocenters. The van der Waals surface area contributed by atoms with Gasteiger partial charge in [0.15, 0.2) is 5.82 Å². The normalized spacial score (nSPS) is 21.2. The Morgan fingerprint density at radius 1 is 1.15 bits per heavy atom. The van der Waals surface area contributed by atoms with E-state index < -0.39 is 30.3 Å². The molecule has 40 heavy (non-hydrogen) atoms. The zero-order chi connectivity index (χ0) is 28.4. The monoisotopic (exact) mass is 557 g/mol. The number of anilines is 4. The fourth-order valence-corrected chi connectivity index (χ4v) is 5.48. The van der Waals surface area contributed by atoms with Gasteiger partial charge >= 0.3 is 5.92 Å². The summed E-state index contributed by atoms with van der Waals surface area (Å²) in [6.45, 7) is -0.159. The molecule has 0 radical (unpaired) electrons. The maximum absolute atomic E-state index is 14.8. The van der Waals surface area contributed by atoms with Crippen LogP contribution in [0.25, 0.3) is 0 Å². The lowest BCUT2D eigenvalue weighted by Crippen LogP contribution is -2.48. The Balaban J connectivity index is 1.40. The van der Waals surface area contributed by atoms with Crippen LogP contribution in [0.1, 0.15) is 55.3 Å². The Morgan fingerprint density at radius 3 is 2.65 bits per heavy atom. The Bertz CT molecular complexity index is 1300. The van der Waals surface area contributed by atoms with Gasteiger partial charge in [0, 0.05) is 25.2 Å². The molecule has 2 aromatic rings. The number of carbonyl (C=O) groups is 3. The van der Waals surface area contributed by atoms with Crippen LogP contribution in [0.2, 0.25) is 0 Å². The van der Waals surface area contributed by atoms with Crippen molar-refractivity contribution in [3.8, 4) is 5.75 Å². The molecule has 2 aliphatic heterocycles. The van der Waals surface area contributed by atoms with E-state index in [2.05, 4.69) is 25.9 Å². The maximum Gasteiger partial charge on any atom is 0.342 e. The first-order chi connectivity index (χ1) is 19.2. The van der Waals surface area contributed by atoms with Crippen LogP contribution in [0, 0.1) is 0 Å². The number of nitrogens with zero attached hydrogens (tertiary/aromatic N) is 4. The molecule has 3 amide bonds. The van der Waals surface area contributed by atoms with Crippen LogP contribution in [0.15, 0.2) is 24.4 Å². The molecule has 1 saturated carbocycles. The highest BCUT2D eigenvalue weighted by molar-refractivity contribution is 6.02. The first-order valence-corrected chi connectivity index (χ1v) is 13.5. The highest BCUT2D eigenvalue weighted by atomic mass is 19.3. The molecule has 0 spiro atoms. The zero-order valence-electron chi connectivity index (χ0n) is 22.5. The number of methoxy groups -OCH3 is 1. The predicted octanol–water partition coefficient (Wildman–Crippen LogP) is 2.99. The van der Waals surface area contributed by atoms with E-state index in [0.29, 0.717) is 30.0 Å². The van der Waals surface area contributed by atoms with Crippen LogP contribution in [0.4, 0.5) is 31.9 Å². The lowest BCUT2D eigenvalue weighted by molar-refractivity contribution is -0.140. The first kappa shape index (κ1) is 27.5. The summed E-state index contributed by atoms with van der Waals surface area (Å²) in [5, 5.41) is 8.63. The van der Waals surface area contributed by atoms with Gasteiger partial charge in [-0.25, -0.2) is 4.98 Å². The van der Waals surface area contributed by atoms with Crippen molar-refractivity contribution in [1.82, 2.24) is 20.6 Å². The lowest BCUT2D eigenvalue weighted by atomic mass is 10.1. The molecule has 0 bridgehead atoms. The second-order valence-corrected chi connectivity index (χ2v) is 10.4. The molecule has 11 nitrogen and oxygen atoms in total. The fraction of sp³-hybridized carbons (Fsp3) is 0.519. The van der Waals surface area contributed by atoms with Gasteiger partial charge in [0.2, 0.25) is 11.9 Å². The second-order valence-electron chi connectivity index (χ2n) is 10.4. The molecule has 5 rings (SSSR count). The molecule has 13 heteroatoms. The van der Waals surface area contributed by atoms with E-state index in [0.717, 1.165) is 43.4 Å². The number of nitrogens with one attached hydrogen (secondary N) is 3. The van der Waals surface area contributed by atoms with Crippen molar-refractivity contribution in [2.24, 2.45) is 0 Å². The summed E-state index contributed by atoms with van der Waals surface area (Å²) >= 11 is 0. The van der Waals surface area contributed by atoms with Gasteiger partial charge in [-0.1, -0.05) is 12.8 Å². The van der Waals surface area contributed by atoms with Crippen molar-refractivity contribution >= 4 is 40.9 Å². The van der Waals surface area contributed by atoms with Gasteiger partial charge in [-0.05, 0) is 50.3 Å². The minimum Gasteiger partial charge on any atom is -0.495 e. The third kappa shape index (κ3) is 5.50. The van der Waals surface area contributed by atoms with Gasteiger partial charge in [0.05, 0.1) is 25.5 Å². The van der Waals surface area contributed by atoms with Crippen LogP contribution < -0.4 is 30.5 Å². The predicted molar refractivity (Wildman–Crippen MR) is 144 cm³/mol. The quantitative estimate of drug-likeness (QED) is 0.495. The van der Waals surface area contributed by atoms with Crippen molar-refractivity contribution in [2.75, 3.05) is 42.4 Å². The van der Waals surface area contributed by atoms with E-state index in [1.165, 1.54) is 31.3 Å². The van der Waals surface area contributed by atoms with Crippen molar-refractivity contribution < 1.29 is 27.9 Å². The summed E-state index contributed by atoms with van der Waals surface area (Å²) in [5.74, 6) is -4.77. The van der Waals surface area contributed by atoms with E-state index in [1.807, 2.05) is 0 Å². The van der Waals surface area contributed by atoms with Crippen LogP contribution in [0.3, 0.4) is 0 Å². The van der Waals surface area contributed by atoms with Crippen LogP contribution >= 0.6 is 0 Å². The van der Waals surface area contributed by atoms with Crippen LogP contribution in [0.5, 0.6) is 5.75 Å². The standard InChI is InChI=1S/C27H33F2N7O4/c1-35-20-14-31-26(34-22(20)36(17-7-3-4-8-17)15-27(28,29)25(35)39)33-18-11-10-16(13-21(18)40-2)23(37)32-19-9-5-6-12-30-24(19)38/h10-11,13-14,17,19H,3-9,12,15H2,1-2H3,(H,30,38)(H,32,37)(H,31,33,34). The second kappa shape index (κ2) is 11.2. The minimum atomic E-state index is -3.57. The lowest BCUT2D eigenvalue weighted by Gasteiger charge is -2.31. The first-order valence-electron chi connectivity index (χ1n) is 13.5. The number of rotatable bonds is 6. The van der Waals surface area contributed by atoms with Gasteiger partial charge in [0.25, 0.3) is 11.8 Å². The summed E-state index contributed by atoms with van der Waals surface area (Å²) in [4.78, 5) is 48.9. The van der Waals surface area contributed by atoms with Gasteiger partial charge < -0.3 is 30.5 Å². The average Bonchev–Trinajstić information content (AvgIpc) is 3.39. The number of hydrogen-bond donors (Lipinski definition) is 3. The Labute approximate surface area is 230 Å². The largest absolute Gasteiger partial charge is 0.495 e. The third-order valence-corrected chi connectivity index (χ3v) is 7.69. The smallest absolute Gasteiger partial charge is 0.342 e. The summed E-state index contributed by atoms with van der Waals surface area (Å²) in [7, 11) is 2.75. The minimum absolute atomic E-state index is 0.124. The van der Waals surface area contributed by atoms with Crippen LogP contribution in [-0.2, 0) is 9.59 Å². The van der Waals surface area contributed by atoms with Crippen molar-refractivity contribution in [3.05, 3.63) is 30.0 Å². The summed E-state index contributed by atoms with van der Waals surface area (Å²) in [5.41, 5.74) is 0.959. The number of amides is 3. The fourth-order valence-electron chi connectivity index (χ4n) is 5.48. The van der Waals surface area contributed by atoms with Gasteiger partial charge in [-0.15, -0.1) is 0 Å². The molecule has 2 fully saturated rings. The molecule has 3 aliphatic rings. The molecule has 1 unspecified atom stereocenters. The van der Waals surface area contributed by atoms with E-state index in [-0.39, 0.29) is 29.4 Å². The van der Waals surface area contributed by atoms with Crippen LogP contribution in [-0.4, -0.2) is 72.9 Å². The number of alkyl halides is 2. The Kier molecular flexibility index (Phi) is 7.72. The molecule has 3 heterocycles. The molecule has 3 N–H and O–H groups in total. The number of aromatic nitrogens is 2. The summed E-state index contributed by atoms with van der Waals surface area (Å²) < 4.78 is 35.2. The molecule has 214 valence electrons. The average molecular weight is 558 g/mol. The highest BCUT2D eigenvalue weighted by Crippen LogP contribution is 2.40. The summed E-state index contributed by atoms with van der Waals surface area (Å²) in [6, 6.07) is 3.97. The van der Waals surface area contributed by atoms with Crippen molar-refractivity contribution in [3.63, 3.8) is 0 Å². The van der Waals surface area contributed by atoms with Crippen molar-refractivity contribution in [1.29, 1.82) is 0 Å². The third-order valence-electron chi connectivity index (χ3n) is 7.69. The molecule has 1 saturated heterocycles. The SMILES string of the molecule is COc1cc(C(=O)NC2CCCCNC2=O)ccc1Nc1ncc2c(n1)N(C1CCCC1)CC(F)(F)C(=O)N2C. The van der Waals surface area contributed by atoms with E-state index in [4.69, 9.17) is 4.74 Å². The Morgan fingerprint density at radius 2 is 1.90 bits per heavy atom. The maximum atomic E-state index is 14.8. The van der Waals surface area contributed by atoms with Gasteiger partial charge in [-0.2, -0.15) is 13.8 Å². The van der Waals surface area contributed by atoms with Gasteiger partial charge in [-0.3, -0.25) is 14.4 Å². The topological polar surface area (TPSA) is 129 Å². The zero-order valence-corrected chi connectivity index (χ0v) is 22.5. The molecular weight excluding hydrogens is 524 g/mol. The number of halogens is 2. The molecule has 1 aromatic heterocycles. The molecule has 1 aliphatic carbocycles. The van der Waals surface area contributed by atoms with Crippen molar-refractivity contribution in [2.45, 2.75) is 63.0 Å².